The second kappa shape index (κ2) is 8.27. The second-order valence-corrected chi connectivity index (χ2v) is 10.6. The molecule has 0 atom stereocenters. The first-order chi connectivity index (χ1) is 15.1. The third kappa shape index (κ3) is 4.01. The van der Waals surface area contributed by atoms with E-state index in [2.05, 4.69) is 48.5 Å². The number of nitrogens with one attached hydrogen (secondary N) is 2. The Morgan fingerprint density at radius 1 is 1.00 bits per heavy atom. The molecule has 0 radical (unpaired) electrons. The Hall–Kier alpha value is -2.81. The molecule has 2 fully saturated rings. The summed E-state index contributed by atoms with van der Waals surface area (Å²) in [7, 11) is 0. The highest BCUT2D eigenvalue weighted by Gasteiger charge is 2.68. The first kappa shape index (κ1) is 22.4. The SMILES string of the molecule is CC1(C)C(C(=O)N2CCC(c3nc(C(=O)NNC(=O)c4ccccn4)cs3)CC2)C1(C)C. The Labute approximate surface area is 191 Å². The summed E-state index contributed by atoms with van der Waals surface area (Å²) in [6.07, 6.45) is 3.18. The van der Waals surface area contributed by atoms with Crippen molar-refractivity contribution in [2.24, 2.45) is 16.7 Å². The standard InChI is InChI=1S/C23H29N5O3S/c1-22(2)17(23(22,3)4)21(31)28-11-8-14(9-12-28)20-25-16(13-32-20)19(30)27-26-18(29)15-7-5-6-10-24-15/h5-7,10,13-14,17H,8-9,11-12H2,1-4H3,(H,26,29)(H,27,30). The third-order valence-corrected chi connectivity index (χ3v) is 8.37. The van der Waals surface area contributed by atoms with E-state index in [4.69, 9.17) is 0 Å². The van der Waals surface area contributed by atoms with Crippen LogP contribution in [0.25, 0.3) is 0 Å². The average Bonchev–Trinajstić information content (AvgIpc) is 3.11. The average molecular weight is 456 g/mol. The van der Waals surface area contributed by atoms with E-state index in [1.54, 1.807) is 23.6 Å². The molecule has 1 saturated carbocycles. The molecule has 2 N–H and O–H groups in total. The molecule has 8 nitrogen and oxygen atoms in total. The number of likely N-dealkylation sites (tertiary alicyclic amines) is 1. The van der Waals surface area contributed by atoms with E-state index in [0.717, 1.165) is 17.8 Å². The van der Waals surface area contributed by atoms with Crippen LogP contribution in [0.1, 0.15) is 72.4 Å². The molecular weight excluding hydrogens is 426 g/mol. The van der Waals surface area contributed by atoms with Crippen molar-refractivity contribution in [2.75, 3.05) is 13.1 Å². The van der Waals surface area contributed by atoms with Crippen LogP contribution in [0.5, 0.6) is 0 Å². The van der Waals surface area contributed by atoms with Gasteiger partial charge in [0, 0.05) is 36.5 Å². The molecule has 1 saturated heterocycles. The van der Waals surface area contributed by atoms with Gasteiger partial charge in [0.15, 0.2) is 0 Å². The van der Waals surface area contributed by atoms with Crippen molar-refractivity contribution in [3.8, 4) is 0 Å². The topological polar surface area (TPSA) is 104 Å². The summed E-state index contributed by atoms with van der Waals surface area (Å²) >= 11 is 1.44. The summed E-state index contributed by atoms with van der Waals surface area (Å²) in [6, 6.07) is 4.96. The first-order valence-corrected chi connectivity index (χ1v) is 11.8. The van der Waals surface area contributed by atoms with E-state index >= 15 is 0 Å². The number of hydrazine groups is 1. The monoisotopic (exact) mass is 455 g/mol. The van der Waals surface area contributed by atoms with Crippen molar-refractivity contribution in [2.45, 2.75) is 46.5 Å². The summed E-state index contributed by atoms with van der Waals surface area (Å²) in [5, 5.41) is 2.59. The van der Waals surface area contributed by atoms with Crippen molar-refractivity contribution in [3.05, 3.63) is 46.2 Å². The number of piperidine rings is 1. The van der Waals surface area contributed by atoms with Gasteiger partial charge in [-0.05, 0) is 35.8 Å². The molecule has 2 aromatic rings. The largest absolute Gasteiger partial charge is 0.342 e. The number of pyridine rings is 1. The van der Waals surface area contributed by atoms with E-state index in [9.17, 15) is 14.4 Å². The number of hydrogen-bond donors (Lipinski definition) is 2. The minimum atomic E-state index is -0.492. The lowest BCUT2D eigenvalue weighted by Gasteiger charge is -2.31. The van der Waals surface area contributed by atoms with Crippen LogP contribution in [-0.4, -0.2) is 45.7 Å². The predicted octanol–water partition coefficient (Wildman–Crippen LogP) is 3.00. The first-order valence-electron chi connectivity index (χ1n) is 10.9. The van der Waals surface area contributed by atoms with Crippen LogP contribution in [-0.2, 0) is 4.79 Å². The van der Waals surface area contributed by atoms with Gasteiger partial charge in [-0.25, -0.2) is 4.98 Å². The van der Waals surface area contributed by atoms with Gasteiger partial charge in [0.1, 0.15) is 11.4 Å². The second-order valence-electron chi connectivity index (χ2n) is 9.67. The van der Waals surface area contributed by atoms with Crippen LogP contribution in [0.2, 0.25) is 0 Å². The lowest BCUT2D eigenvalue weighted by molar-refractivity contribution is -0.134. The van der Waals surface area contributed by atoms with E-state index in [1.807, 2.05) is 4.90 Å². The summed E-state index contributed by atoms with van der Waals surface area (Å²) in [6.45, 7) is 10.1. The van der Waals surface area contributed by atoms with Crippen molar-refractivity contribution in [1.29, 1.82) is 0 Å². The molecule has 1 aliphatic carbocycles. The maximum Gasteiger partial charge on any atom is 0.289 e. The zero-order valence-corrected chi connectivity index (χ0v) is 19.7. The van der Waals surface area contributed by atoms with E-state index in [-0.39, 0.29) is 40.0 Å². The highest BCUT2D eigenvalue weighted by atomic mass is 32.1. The normalized spacial score (nSPS) is 19.9. The van der Waals surface area contributed by atoms with E-state index in [1.165, 1.54) is 17.5 Å². The van der Waals surface area contributed by atoms with Gasteiger partial charge >= 0.3 is 0 Å². The van der Waals surface area contributed by atoms with Gasteiger partial charge in [0.05, 0.1) is 5.01 Å². The predicted molar refractivity (Wildman–Crippen MR) is 121 cm³/mol. The van der Waals surface area contributed by atoms with Gasteiger partial charge < -0.3 is 4.90 Å². The van der Waals surface area contributed by atoms with Crippen LogP contribution in [0, 0.1) is 16.7 Å². The number of rotatable bonds is 4. The van der Waals surface area contributed by atoms with Crippen molar-refractivity contribution in [3.63, 3.8) is 0 Å². The van der Waals surface area contributed by atoms with Gasteiger partial charge in [-0.1, -0.05) is 33.8 Å². The number of amides is 3. The summed E-state index contributed by atoms with van der Waals surface area (Å²) in [5.41, 5.74) is 5.31. The van der Waals surface area contributed by atoms with Crippen LogP contribution in [0.4, 0.5) is 0 Å². The molecule has 2 aromatic heterocycles. The number of nitrogens with zero attached hydrogens (tertiary/aromatic N) is 3. The Balaban J connectivity index is 1.28. The highest BCUT2D eigenvalue weighted by Crippen LogP contribution is 2.68. The molecule has 0 unspecified atom stereocenters. The molecule has 0 aromatic carbocycles. The third-order valence-electron chi connectivity index (χ3n) is 7.37. The van der Waals surface area contributed by atoms with E-state index < -0.39 is 11.8 Å². The minimum absolute atomic E-state index is 0.0461. The van der Waals surface area contributed by atoms with Gasteiger partial charge in [-0.2, -0.15) is 0 Å². The lowest BCUT2D eigenvalue weighted by Crippen LogP contribution is -2.42. The Kier molecular flexibility index (Phi) is 5.79. The van der Waals surface area contributed by atoms with Crippen molar-refractivity contribution in [1.82, 2.24) is 25.7 Å². The fraction of sp³-hybridized carbons (Fsp3) is 0.522. The molecule has 170 valence electrons. The number of thiazole rings is 1. The molecule has 4 rings (SSSR count). The molecule has 0 bridgehead atoms. The molecule has 0 spiro atoms. The minimum Gasteiger partial charge on any atom is -0.342 e. The smallest absolute Gasteiger partial charge is 0.289 e. The number of carbonyl (C=O) groups is 3. The number of carbonyl (C=O) groups excluding carboxylic acids is 3. The molecule has 3 amide bonds. The number of aromatic nitrogens is 2. The van der Waals surface area contributed by atoms with Crippen molar-refractivity contribution >= 4 is 29.1 Å². The zero-order valence-electron chi connectivity index (χ0n) is 18.8. The van der Waals surface area contributed by atoms with Gasteiger partial charge in [0.25, 0.3) is 11.8 Å². The van der Waals surface area contributed by atoms with Crippen molar-refractivity contribution < 1.29 is 14.4 Å². The Morgan fingerprint density at radius 3 is 2.19 bits per heavy atom. The van der Waals surface area contributed by atoms with Crippen LogP contribution >= 0.6 is 11.3 Å². The zero-order chi connectivity index (χ0) is 23.1. The van der Waals surface area contributed by atoms with Gasteiger partial charge in [-0.3, -0.25) is 30.2 Å². The maximum atomic E-state index is 13.0. The Morgan fingerprint density at radius 2 is 1.62 bits per heavy atom. The Bertz CT molecular complexity index is 1010. The molecule has 2 aliphatic rings. The fourth-order valence-corrected chi connectivity index (χ4v) is 5.63. The van der Waals surface area contributed by atoms with Crippen LogP contribution in [0.15, 0.2) is 29.8 Å². The molecule has 32 heavy (non-hydrogen) atoms. The molecular formula is C23H29N5O3S. The molecule has 9 heteroatoms. The maximum absolute atomic E-state index is 13.0. The quantitative estimate of drug-likeness (QED) is 0.690. The van der Waals surface area contributed by atoms with Gasteiger partial charge in [0.2, 0.25) is 5.91 Å². The number of hydrogen-bond acceptors (Lipinski definition) is 6. The van der Waals surface area contributed by atoms with Crippen LogP contribution in [0.3, 0.4) is 0 Å². The summed E-state index contributed by atoms with van der Waals surface area (Å²) < 4.78 is 0. The van der Waals surface area contributed by atoms with Crippen LogP contribution < -0.4 is 10.9 Å². The highest BCUT2D eigenvalue weighted by molar-refractivity contribution is 7.09. The summed E-state index contributed by atoms with van der Waals surface area (Å²) in [4.78, 5) is 47.8. The molecule has 1 aliphatic heterocycles. The van der Waals surface area contributed by atoms with E-state index in [0.29, 0.717) is 13.1 Å². The molecule has 3 heterocycles. The lowest BCUT2D eigenvalue weighted by atomic mass is 9.96. The summed E-state index contributed by atoms with van der Waals surface area (Å²) in [5.74, 6) is -0.380. The fourth-order valence-electron chi connectivity index (χ4n) is 4.66. The van der Waals surface area contributed by atoms with Gasteiger partial charge in [-0.15, -0.1) is 11.3 Å².